The van der Waals surface area contributed by atoms with Crippen molar-refractivity contribution in [2.24, 2.45) is 0 Å². The summed E-state index contributed by atoms with van der Waals surface area (Å²) in [6.45, 7) is 2.32. The number of hydrogen-bond acceptors (Lipinski definition) is 0. The monoisotopic (exact) mass is 696 g/mol. The van der Waals surface area contributed by atoms with Crippen molar-refractivity contribution in [1.82, 2.24) is 0 Å². The predicted octanol–water partition coefficient (Wildman–Crippen LogP) is 12.8. The second-order valence-corrected chi connectivity index (χ2v) is 14.1. The summed E-state index contributed by atoms with van der Waals surface area (Å²) in [5.41, 5.74) is 4.39. The third-order valence-corrected chi connectivity index (χ3v) is 11.0. The van der Waals surface area contributed by atoms with E-state index in [0.29, 0.717) is 0 Å². The molecule has 0 atom stereocenters. The van der Waals surface area contributed by atoms with Crippen LogP contribution in [-0.4, -0.2) is 6.15 Å². The Hall–Kier alpha value is -6.38. The second kappa shape index (κ2) is 16.1. The van der Waals surface area contributed by atoms with Gasteiger partial charge in [0.25, 0.3) is 17.2 Å². The fourth-order valence-corrected chi connectivity index (χ4v) is 8.60. The second-order valence-electron chi connectivity index (χ2n) is 14.1. The van der Waals surface area contributed by atoms with Crippen LogP contribution in [0.15, 0.2) is 218 Å². The molecule has 0 radical (unpaired) electrons. The zero-order valence-corrected chi connectivity index (χ0v) is 30.9. The molecule has 9 rings (SSSR count). The molecule has 0 fully saturated rings. The van der Waals surface area contributed by atoms with Gasteiger partial charge < -0.3 is 4.37 Å². The lowest BCUT2D eigenvalue weighted by Gasteiger charge is -2.45. The van der Waals surface area contributed by atoms with Gasteiger partial charge in [-0.15, -0.1) is 0 Å². The molecule has 0 saturated heterocycles. The first-order valence-electron chi connectivity index (χ1n) is 19.3. The maximum absolute atomic E-state index is 3.22. The van der Waals surface area contributed by atoms with Crippen molar-refractivity contribution in [3.8, 4) is 17.2 Å². The average molecular weight is 697 g/mol. The topological polar surface area (TPSA) is 2.70 Å². The highest BCUT2D eigenvalue weighted by Gasteiger charge is 2.33. The molecule has 0 amide bonds. The molecule has 0 aliphatic rings. The van der Waals surface area contributed by atoms with E-state index < -0.39 is 6.15 Å². The smallest absolute Gasteiger partial charge is 0.267 e. The summed E-state index contributed by atoms with van der Waals surface area (Å²) in [7, 11) is 0. The Morgan fingerprint density at radius 1 is 0.333 bits per heavy atom. The van der Waals surface area contributed by atoms with Crippen molar-refractivity contribution >= 4 is 54.9 Å². The molecule has 0 spiro atoms. The van der Waals surface area contributed by atoms with Crippen LogP contribution >= 0.6 is 0 Å². The van der Waals surface area contributed by atoms with Gasteiger partial charge in [0.05, 0.1) is 6.15 Å². The number of benzene rings is 9. The molecule has 0 aliphatic carbocycles. The molecule has 9 aromatic rings. The molecular formula is C52H45BO. The number of fused-ring (bicyclic) bond motifs is 3. The average Bonchev–Trinajstić information content (AvgIpc) is 3.25. The third-order valence-electron chi connectivity index (χ3n) is 11.0. The lowest BCUT2D eigenvalue weighted by Crippen LogP contribution is -2.67. The van der Waals surface area contributed by atoms with Gasteiger partial charge in [0.1, 0.15) is 0 Å². The van der Waals surface area contributed by atoms with Gasteiger partial charge in [0, 0.05) is 36.4 Å². The molecule has 0 N–H and O–H groups in total. The van der Waals surface area contributed by atoms with Crippen molar-refractivity contribution in [2.45, 2.75) is 26.1 Å². The highest BCUT2D eigenvalue weighted by molar-refractivity contribution is 7.14. The zero-order chi connectivity index (χ0) is 36.6. The van der Waals surface area contributed by atoms with E-state index in [1.54, 1.807) is 0 Å². The minimum Gasteiger partial charge on any atom is -0.499 e. The first-order valence-corrected chi connectivity index (χ1v) is 19.3. The van der Waals surface area contributed by atoms with Crippen molar-refractivity contribution in [1.29, 1.82) is 0 Å². The van der Waals surface area contributed by atoms with E-state index in [1.807, 2.05) is 54.6 Å². The highest BCUT2D eigenvalue weighted by Crippen LogP contribution is 2.38. The van der Waals surface area contributed by atoms with Gasteiger partial charge in [-0.3, -0.25) is 0 Å². The molecule has 0 aliphatic heterocycles. The fourth-order valence-electron chi connectivity index (χ4n) is 8.60. The van der Waals surface area contributed by atoms with Crippen molar-refractivity contribution in [2.75, 3.05) is 0 Å². The first kappa shape index (κ1) is 34.7. The van der Waals surface area contributed by atoms with E-state index in [2.05, 4.69) is 175 Å². The molecular weight excluding hydrogens is 651 g/mol. The van der Waals surface area contributed by atoms with Crippen LogP contribution in [-0.2, 0) is 0 Å². The van der Waals surface area contributed by atoms with Gasteiger partial charge in [-0.1, -0.05) is 218 Å². The maximum atomic E-state index is 3.22. The van der Waals surface area contributed by atoms with Crippen LogP contribution in [0.1, 0.15) is 19.8 Å². The molecule has 1 nitrogen and oxygen atoms in total. The fraction of sp³-hybridized carbons (Fsp3) is 0.0769. The zero-order valence-electron chi connectivity index (χ0n) is 30.9. The first-order chi connectivity index (χ1) is 26.8. The molecule has 54 heavy (non-hydrogen) atoms. The quantitative estimate of drug-likeness (QED) is 0.104. The summed E-state index contributed by atoms with van der Waals surface area (Å²) in [5, 5.41) is 8.04. The molecule has 0 heterocycles. The molecule has 0 unspecified atom stereocenters. The lowest BCUT2D eigenvalue weighted by atomic mass is 9.13. The van der Waals surface area contributed by atoms with Crippen molar-refractivity contribution in [3.63, 3.8) is 0 Å². The van der Waals surface area contributed by atoms with Crippen LogP contribution in [0, 0.1) is 0 Å². The van der Waals surface area contributed by atoms with Crippen LogP contribution in [0.4, 0.5) is 0 Å². The summed E-state index contributed by atoms with van der Waals surface area (Å²) in [6.07, 6.45) is 2.21. The highest BCUT2D eigenvalue weighted by atomic mass is 16.7. The Balaban J connectivity index is 0.000000183. The molecule has 9 aromatic carbocycles. The van der Waals surface area contributed by atoms with Crippen LogP contribution in [0.3, 0.4) is 0 Å². The molecule has 2 heteroatoms. The van der Waals surface area contributed by atoms with E-state index in [-0.39, 0.29) is 0 Å². The van der Waals surface area contributed by atoms with Crippen LogP contribution in [0.2, 0.25) is 6.32 Å². The summed E-state index contributed by atoms with van der Waals surface area (Å²) in [6, 6.07) is 78.4. The summed E-state index contributed by atoms with van der Waals surface area (Å²) < 4.78 is 3.22. The van der Waals surface area contributed by atoms with E-state index >= 15 is 0 Å². The maximum Gasteiger partial charge on any atom is 0.267 e. The summed E-state index contributed by atoms with van der Waals surface area (Å²) in [5.74, 6) is 3.25. The Bertz CT molecular complexity index is 2300. The largest absolute Gasteiger partial charge is 0.499 e. The number of unbranched alkanes of at least 4 members (excludes halogenated alkanes) is 1. The summed E-state index contributed by atoms with van der Waals surface area (Å²) in [4.78, 5) is 0. The van der Waals surface area contributed by atoms with Gasteiger partial charge in [-0.2, -0.15) is 22.7 Å². The van der Waals surface area contributed by atoms with Gasteiger partial charge in [0.15, 0.2) is 0 Å². The predicted molar refractivity (Wildman–Crippen MR) is 235 cm³/mol. The number of para-hydroxylation sites is 3. The Kier molecular flexibility index (Phi) is 10.3. The van der Waals surface area contributed by atoms with Gasteiger partial charge in [-0.05, 0) is 16.2 Å². The Morgan fingerprint density at radius 3 is 0.963 bits per heavy atom. The van der Waals surface area contributed by atoms with Crippen molar-refractivity contribution in [3.05, 3.63) is 218 Å². The van der Waals surface area contributed by atoms with E-state index in [1.165, 1.54) is 61.5 Å². The normalized spacial score (nSPS) is 11.3. The van der Waals surface area contributed by atoms with Crippen molar-refractivity contribution < 1.29 is 4.37 Å². The minimum atomic E-state index is -1.25. The summed E-state index contributed by atoms with van der Waals surface area (Å²) >= 11 is 0. The number of rotatable bonds is 9. The van der Waals surface area contributed by atoms with Crippen LogP contribution < -0.4 is 20.8 Å². The molecule has 0 aromatic heterocycles. The molecule has 0 saturated carbocycles. The third kappa shape index (κ3) is 6.80. The molecule has 0 bridgehead atoms. The van der Waals surface area contributed by atoms with Crippen LogP contribution in [0.25, 0.3) is 32.3 Å². The van der Waals surface area contributed by atoms with E-state index in [0.717, 1.165) is 23.6 Å². The Labute approximate surface area is 319 Å². The van der Waals surface area contributed by atoms with E-state index in [9.17, 15) is 0 Å². The SMILES string of the molecule is CCCC[B-](c1cccc2ccccc12)(c1cccc2ccccc12)c1cccc2ccccc12.c1ccc([O+](c2ccccc2)c2ccccc2)cc1. The number of hydrogen-bond donors (Lipinski definition) is 0. The van der Waals surface area contributed by atoms with Gasteiger partial charge in [-0.25, -0.2) is 0 Å². The standard InChI is InChI=1S/C34H30B.C18H15O/c1-2-3-25-35(32-22-10-16-26-13-4-7-19-29(26)32,33-23-11-17-27-14-5-8-20-30(27)33)34-24-12-18-28-15-6-9-21-31(28)34;1-4-10-16(11-5-1)19(17-12-6-2-7-13-17)18-14-8-3-9-15-18/h4-24H,2-3,25H2,1H3;1-15H/q-1;+1. The lowest BCUT2D eigenvalue weighted by molar-refractivity contribution is 0.233. The van der Waals surface area contributed by atoms with E-state index in [4.69, 9.17) is 0 Å². The Morgan fingerprint density at radius 2 is 0.630 bits per heavy atom. The van der Waals surface area contributed by atoms with Crippen LogP contribution in [0.5, 0.6) is 17.2 Å². The molecule has 262 valence electrons. The van der Waals surface area contributed by atoms with Gasteiger partial charge >= 0.3 is 0 Å². The van der Waals surface area contributed by atoms with Gasteiger partial charge in [0.2, 0.25) is 0 Å². The minimum absolute atomic E-state index is 1.08.